The molecule has 0 saturated carbocycles. The van der Waals surface area contributed by atoms with Crippen LogP contribution in [0.5, 0.6) is 0 Å². The Bertz CT molecular complexity index is 806. The van der Waals surface area contributed by atoms with Crippen LogP contribution >= 0.6 is 23.2 Å². The highest BCUT2D eigenvalue weighted by Gasteiger charge is 2.21. The van der Waals surface area contributed by atoms with Crippen molar-refractivity contribution >= 4 is 41.0 Å². The Labute approximate surface area is 144 Å². The average Bonchev–Trinajstić information content (AvgIpc) is 2.80. The second-order valence-electron chi connectivity index (χ2n) is 4.98. The fourth-order valence-electron chi connectivity index (χ4n) is 2.29. The van der Waals surface area contributed by atoms with Gasteiger partial charge < -0.3 is 9.72 Å². The molecule has 1 aromatic carbocycles. The molecule has 1 aromatic heterocycles. The van der Waals surface area contributed by atoms with E-state index in [0.29, 0.717) is 38.1 Å². The first-order valence-corrected chi connectivity index (χ1v) is 7.55. The smallest absolute Gasteiger partial charge is 0.339 e. The minimum absolute atomic E-state index is 0.258. The van der Waals surface area contributed by atoms with Crippen molar-refractivity contribution in [3.63, 3.8) is 0 Å². The van der Waals surface area contributed by atoms with E-state index in [4.69, 9.17) is 27.9 Å². The van der Waals surface area contributed by atoms with E-state index in [1.165, 1.54) is 13.2 Å². The molecular weight excluding hydrogens is 337 g/mol. The molecule has 0 saturated heterocycles. The van der Waals surface area contributed by atoms with Gasteiger partial charge in [-0.1, -0.05) is 29.3 Å². The van der Waals surface area contributed by atoms with E-state index < -0.39 is 5.97 Å². The third kappa shape index (κ3) is 3.66. The molecule has 120 valence electrons. The van der Waals surface area contributed by atoms with E-state index in [9.17, 15) is 9.59 Å². The van der Waals surface area contributed by atoms with E-state index >= 15 is 0 Å². The monoisotopic (exact) mass is 351 g/mol. The Kier molecular flexibility index (Phi) is 5.29. The summed E-state index contributed by atoms with van der Waals surface area (Å²) >= 11 is 11.9. The lowest BCUT2D eigenvalue weighted by molar-refractivity contribution is 0.0599. The van der Waals surface area contributed by atoms with Crippen LogP contribution in [-0.4, -0.2) is 23.8 Å². The lowest BCUT2D eigenvalue weighted by atomic mass is 10.1. The summed E-state index contributed by atoms with van der Waals surface area (Å²) in [6, 6.07) is 5.02. The lowest BCUT2D eigenvalue weighted by Gasteiger charge is -2.00. The van der Waals surface area contributed by atoms with Crippen molar-refractivity contribution in [2.75, 3.05) is 7.11 Å². The van der Waals surface area contributed by atoms with Crippen LogP contribution in [0.15, 0.2) is 24.3 Å². The van der Waals surface area contributed by atoms with Crippen molar-refractivity contribution in [3.05, 3.63) is 62.4 Å². The van der Waals surface area contributed by atoms with Crippen LogP contribution in [-0.2, 0) is 4.74 Å². The zero-order valence-corrected chi connectivity index (χ0v) is 14.4. The maximum Gasteiger partial charge on any atom is 0.339 e. The van der Waals surface area contributed by atoms with E-state index in [2.05, 4.69) is 4.98 Å². The molecule has 0 fully saturated rings. The number of aromatic amines is 1. The maximum atomic E-state index is 12.4. The Morgan fingerprint density at radius 3 is 2.52 bits per heavy atom. The second-order valence-corrected chi connectivity index (χ2v) is 5.82. The number of aryl methyl sites for hydroxylation is 1. The van der Waals surface area contributed by atoms with Crippen molar-refractivity contribution < 1.29 is 14.3 Å². The predicted octanol–water partition coefficient (Wildman–Crippen LogP) is 4.62. The molecule has 2 aromatic rings. The number of carbonyl (C=O) groups excluding carboxylic acids is 2. The van der Waals surface area contributed by atoms with Gasteiger partial charge in [-0.05, 0) is 49.3 Å². The third-order valence-electron chi connectivity index (χ3n) is 3.45. The van der Waals surface area contributed by atoms with Gasteiger partial charge >= 0.3 is 5.97 Å². The minimum atomic E-state index is -0.472. The number of H-pyrrole nitrogens is 1. The number of ketones is 1. The van der Waals surface area contributed by atoms with Gasteiger partial charge in [-0.15, -0.1) is 0 Å². The van der Waals surface area contributed by atoms with Gasteiger partial charge in [0.1, 0.15) is 0 Å². The van der Waals surface area contributed by atoms with Gasteiger partial charge in [-0.2, -0.15) is 0 Å². The van der Waals surface area contributed by atoms with Crippen LogP contribution in [0.3, 0.4) is 0 Å². The summed E-state index contributed by atoms with van der Waals surface area (Å²) in [5.41, 5.74) is 2.57. The van der Waals surface area contributed by atoms with Crippen LogP contribution in [0.1, 0.15) is 37.7 Å². The molecule has 0 aliphatic heterocycles. The first-order chi connectivity index (χ1) is 10.8. The van der Waals surface area contributed by atoms with E-state index in [1.807, 2.05) is 0 Å². The summed E-state index contributed by atoms with van der Waals surface area (Å²) < 4.78 is 4.73. The molecule has 6 heteroatoms. The summed E-state index contributed by atoms with van der Waals surface area (Å²) in [4.78, 5) is 27.0. The highest BCUT2D eigenvalue weighted by atomic mass is 35.5. The fourth-order valence-corrected chi connectivity index (χ4v) is 2.76. The summed E-state index contributed by atoms with van der Waals surface area (Å²) in [7, 11) is 1.30. The Balaban J connectivity index is 2.31. The number of halogens is 2. The molecule has 0 bridgehead atoms. The summed E-state index contributed by atoms with van der Waals surface area (Å²) in [6.45, 7) is 3.42. The SMILES string of the molecule is COC(=O)c1c(C)[nH]c(C(=O)/C=C/c2ccc(Cl)cc2Cl)c1C. The van der Waals surface area contributed by atoms with Gasteiger partial charge in [-0.3, -0.25) is 4.79 Å². The number of hydrogen-bond donors (Lipinski definition) is 1. The molecule has 0 aliphatic rings. The van der Waals surface area contributed by atoms with Crippen molar-refractivity contribution in [1.29, 1.82) is 0 Å². The topological polar surface area (TPSA) is 59.2 Å². The summed E-state index contributed by atoms with van der Waals surface area (Å²) in [6.07, 6.45) is 3.00. The standard InChI is InChI=1S/C17H15Cl2NO3/c1-9-15(17(22)23-3)10(2)20-16(9)14(21)7-5-11-4-6-12(18)8-13(11)19/h4-8,20H,1-3H3/b7-5+. The van der Waals surface area contributed by atoms with E-state index in [-0.39, 0.29) is 5.78 Å². The Morgan fingerprint density at radius 1 is 1.22 bits per heavy atom. The predicted molar refractivity (Wildman–Crippen MR) is 91.4 cm³/mol. The molecule has 0 radical (unpaired) electrons. The van der Waals surface area contributed by atoms with Gasteiger partial charge in [0, 0.05) is 15.7 Å². The number of hydrogen-bond acceptors (Lipinski definition) is 3. The highest BCUT2D eigenvalue weighted by molar-refractivity contribution is 6.35. The van der Waals surface area contributed by atoms with Crippen LogP contribution in [0.2, 0.25) is 10.0 Å². The van der Waals surface area contributed by atoms with Gasteiger partial charge in [0.2, 0.25) is 5.78 Å². The molecule has 2 rings (SSSR count). The zero-order chi connectivity index (χ0) is 17.1. The number of ether oxygens (including phenoxy) is 1. The average molecular weight is 352 g/mol. The zero-order valence-electron chi connectivity index (χ0n) is 12.9. The van der Waals surface area contributed by atoms with Crippen molar-refractivity contribution in [1.82, 2.24) is 4.98 Å². The highest BCUT2D eigenvalue weighted by Crippen LogP contribution is 2.23. The number of allylic oxidation sites excluding steroid dienone is 1. The van der Waals surface area contributed by atoms with Crippen molar-refractivity contribution in [3.8, 4) is 0 Å². The van der Waals surface area contributed by atoms with Crippen LogP contribution < -0.4 is 0 Å². The molecule has 0 amide bonds. The lowest BCUT2D eigenvalue weighted by Crippen LogP contribution is -2.04. The largest absolute Gasteiger partial charge is 0.465 e. The quantitative estimate of drug-likeness (QED) is 0.496. The van der Waals surface area contributed by atoms with Gasteiger partial charge in [0.25, 0.3) is 0 Å². The van der Waals surface area contributed by atoms with Gasteiger partial charge in [0.05, 0.1) is 18.4 Å². The number of methoxy groups -OCH3 is 1. The van der Waals surface area contributed by atoms with Gasteiger partial charge in [0.15, 0.2) is 0 Å². The first kappa shape index (κ1) is 17.3. The Hall–Kier alpha value is -2.04. The first-order valence-electron chi connectivity index (χ1n) is 6.80. The van der Waals surface area contributed by atoms with Crippen molar-refractivity contribution in [2.45, 2.75) is 13.8 Å². The summed E-state index contributed by atoms with van der Waals surface area (Å²) in [5, 5.41) is 0.980. The molecule has 23 heavy (non-hydrogen) atoms. The molecule has 0 atom stereocenters. The van der Waals surface area contributed by atoms with Crippen LogP contribution in [0.4, 0.5) is 0 Å². The van der Waals surface area contributed by atoms with Gasteiger partial charge in [-0.25, -0.2) is 4.79 Å². The molecule has 4 nitrogen and oxygen atoms in total. The second kappa shape index (κ2) is 7.02. The normalized spacial score (nSPS) is 11.0. The molecular formula is C17H15Cl2NO3. The summed E-state index contributed by atoms with van der Waals surface area (Å²) in [5.74, 6) is -0.730. The van der Waals surface area contributed by atoms with E-state index in [0.717, 1.165) is 0 Å². The molecule has 1 heterocycles. The fraction of sp³-hybridized carbons (Fsp3) is 0.176. The number of aromatic nitrogens is 1. The van der Waals surface area contributed by atoms with Crippen LogP contribution in [0.25, 0.3) is 6.08 Å². The maximum absolute atomic E-state index is 12.4. The Morgan fingerprint density at radius 2 is 1.91 bits per heavy atom. The molecule has 0 spiro atoms. The van der Waals surface area contributed by atoms with E-state index in [1.54, 1.807) is 38.1 Å². The number of rotatable bonds is 4. The number of esters is 1. The van der Waals surface area contributed by atoms with Crippen LogP contribution in [0, 0.1) is 13.8 Å². The van der Waals surface area contributed by atoms with Crippen molar-refractivity contribution in [2.24, 2.45) is 0 Å². The number of carbonyl (C=O) groups is 2. The third-order valence-corrected chi connectivity index (χ3v) is 4.01. The number of nitrogens with one attached hydrogen (secondary N) is 1. The molecule has 0 unspecified atom stereocenters. The number of benzene rings is 1. The molecule has 1 N–H and O–H groups in total. The molecule has 0 aliphatic carbocycles. The minimum Gasteiger partial charge on any atom is -0.465 e.